The first-order chi connectivity index (χ1) is 9.05. The Kier molecular flexibility index (Phi) is 3.02. The fraction of sp³-hybridized carbons (Fsp3) is 0.364. The number of hydrogen-bond acceptors (Lipinski definition) is 6. The minimum Gasteiger partial charge on any atom is -0.353 e. The number of halogens is 1. The van der Waals surface area contributed by atoms with Crippen LogP contribution in [0.2, 0.25) is 5.28 Å². The van der Waals surface area contributed by atoms with Crippen molar-refractivity contribution in [1.82, 2.24) is 15.0 Å². The van der Waals surface area contributed by atoms with Crippen LogP contribution in [0.15, 0.2) is 18.3 Å². The molecule has 0 aromatic carbocycles. The first kappa shape index (κ1) is 12.6. The Hall–Kier alpha value is -1.47. The van der Waals surface area contributed by atoms with Gasteiger partial charge in [-0.2, -0.15) is 4.98 Å². The van der Waals surface area contributed by atoms with E-state index >= 15 is 0 Å². The van der Waals surface area contributed by atoms with E-state index in [4.69, 9.17) is 11.6 Å². The van der Waals surface area contributed by atoms with Crippen LogP contribution in [0.1, 0.15) is 0 Å². The summed E-state index contributed by atoms with van der Waals surface area (Å²) in [7, 11) is -2.93. The van der Waals surface area contributed by atoms with Gasteiger partial charge in [0.25, 0.3) is 0 Å². The van der Waals surface area contributed by atoms with Crippen molar-refractivity contribution in [2.75, 3.05) is 29.5 Å². The molecule has 0 unspecified atom stereocenters. The first-order valence-electron chi connectivity index (χ1n) is 5.79. The first-order valence-corrected chi connectivity index (χ1v) is 7.99. The van der Waals surface area contributed by atoms with Crippen LogP contribution in [-0.4, -0.2) is 48.0 Å². The van der Waals surface area contributed by atoms with Gasteiger partial charge in [0.15, 0.2) is 15.7 Å². The average Bonchev–Trinajstić information content (AvgIpc) is 2.38. The molecule has 0 atom stereocenters. The lowest BCUT2D eigenvalue weighted by atomic mass is 10.3. The van der Waals surface area contributed by atoms with Crippen molar-refractivity contribution in [3.8, 4) is 0 Å². The zero-order valence-electron chi connectivity index (χ0n) is 9.95. The van der Waals surface area contributed by atoms with Crippen molar-refractivity contribution in [2.24, 2.45) is 0 Å². The number of pyridine rings is 1. The molecule has 2 aromatic heterocycles. The molecule has 6 nitrogen and oxygen atoms in total. The second kappa shape index (κ2) is 4.57. The molecular weight excluding hydrogens is 288 g/mol. The van der Waals surface area contributed by atoms with Crippen molar-refractivity contribution >= 4 is 38.3 Å². The van der Waals surface area contributed by atoms with Gasteiger partial charge in [-0.15, -0.1) is 0 Å². The third kappa shape index (κ3) is 2.48. The summed E-state index contributed by atoms with van der Waals surface area (Å²) in [6, 6.07) is 3.58. The Morgan fingerprint density at radius 2 is 1.95 bits per heavy atom. The maximum absolute atomic E-state index is 11.5. The number of rotatable bonds is 1. The van der Waals surface area contributed by atoms with Crippen LogP contribution in [0.4, 0.5) is 5.82 Å². The van der Waals surface area contributed by atoms with Crippen LogP contribution in [0.25, 0.3) is 11.0 Å². The maximum atomic E-state index is 11.5. The highest BCUT2D eigenvalue weighted by Crippen LogP contribution is 2.24. The normalized spacial score (nSPS) is 18.7. The topological polar surface area (TPSA) is 76.1 Å². The molecule has 0 amide bonds. The minimum absolute atomic E-state index is 0.128. The number of anilines is 1. The molecule has 1 saturated heterocycles. The van der Waals surface area contributed by atoms with Crippen LogP contribution in [-0.2, 0) is 9.84 Å². The number of nitrogens with zero attached hydrogens (tertiary/aromatic N) is 4. The zero-order valence-corrected chi connectivity index (χ0v) is 11.5. The predicted octanol–water partition coefficient (Wildman–Crippen LogP) is 0.913. The lowest BCUT2D eigenvalue weighted by Crippen LogP contribution is -2.40. The Morgan fingerprint density at radius 1 is 1.21 bits per heavy atom. The molecule has 3 rings (SSSR count). The largest absolute Gasteiger partial charge is 0.353 e. The van der Waals surface area contributed by atoms with E-state index in [9.17, 15) is 8.42 Å². The Balaban J connectivity index is 2.05. The average molecular weight is 299 g/mol. The van der Waals surface area contributed by atoms with E-state index in [0.29, 0.717) is 29.9 Å². The van der Waals surface area contributed by atoms with Gasteiger partial charge in [-0.25, -0.2) is 13.4 Å². The summed E-state index contributed by atoms with van der Waals surface area (Å²) in [4.78, 5) is 14.5. The standard InChI is InChI=1S/C11H11ClN4O2S/c12-11-14-8-2-1-3-13-9(8)10(15-11)16-4-6-19(17,18)7-5-16/h1-3H,4-7H2. The van der Waals surface area contributed by atoms with Gasteiger partial charge in [-0.3, -0.25) is 4.98 Å². The molecule has 8 heteroatoms. The molecule has 100 valence electrons. The molecule has 0 radical (unpaired) electrons. The zero-order chi connectivity index (χ0) is 13.5. The van der Waals surface area contributed by atoms with E-state index in [-0.39, 0.29) is 16.8 Å². The maximum Gasteiger partial charge on any atom is 0.225 e. The van der Waals surface area contributed by atoms with Gasteiger partial charge in [0, 0.05) is 19.3 Å². The molecular formula is C11H11ClN4O2S. The van der Waals surface area contributed by atoms with E-state index in [1.54, 1.807) is 18.3 Å². The number of hydrogen-bond donors (Lipinski definition) is 0. The van der Waals surface area contributed by atoms with Gasteiger partial charge in [-0.05, 0) is 23.7 Å². The number of aromatic nitrogens is 3. The van der Waals surface area contributed by atoms with Crippen LogP contribution in [0.3, 0.4) is 0 Å². The molecule has 0 N–H and O–H groups in total. The molecule has 1 aliphatic heterocycles. The van der Waals surface area contributed by atoms with Gasteiger partial charge >= 0.3 is 0 Å². The molecule has 3 heterocycles. The summed E-state index contributed by atoms with van der Waals surface area (Å²) in [5, 5.41) is 0.143. The summed E-state index contributed by atoms with van der Waals surface area (Å²) in [6.45, 7) is 0.808. The summed E-state index contributed by atoms with van der Waals surface area (Å²) < 4.78 is 22.9. The summed E-state index contributed by atoms with van der Waals surface area (Å²) in [5.74, 6) is 0.858. The highest BCUT2D eigenvalue weighted by Gasteiger charge is 2.24. The Bertz CT molecular complexity index is 721. The monoisotopic (exact) mass is 298 g/mol. The molecule has 1 fully saturated rings. The van der Waals surface area contributed by atoms with Crippen LogP contribution >= 0.6 is 11.6 Å². The van der Waals surface area contributed by atoms with Crippen molar-refractivity contribution in [2.45, 2.75) is 0 Å². The minimum atomic E-state index is -2.93. The fourth-order valence-corrected chi connectivity index (χ4v) is 3.44. The third-order valence-corrected chi connectivity index (χ3v) is 4.83. The molecule has 0 aliphatic carbocycles. The van der Waals surface area contributed by atoms with Crippen LogP contribution in [0.5, 0.6) is 0 Å². The molecule has 0 spiro atoms. The number of sulfone groups is 1. The SMILES string of the molecule is O=S1(=O)CCN(c2nc(Cl)nc3cccnc23)CC1. The van der Waals surface area contributed by atoms with E-state index in [1.165, 1.54) is 0 Å². The van der Waals surface area contributed by atoms with Gasteiger partial charge < -0.3 is 4.90 Å². The third-order valence-electron chi connectivity index (χ3n) is 3.05. The number of fused-ring (bicyclic) bond motifs is 1. The Morgan fingerprint density at radius 3 is 2.68 bits per heavy atom. The summed E-state index contributed by atoms with van der Waals surface area (Å²) >= 11 is 5.90. The van der Waals surface area contributed by atoms with E-state index in [0.717, 1.165) is 0 Å². The van der Waals surface area contributed by atoms with Crippen LogP contribution in [0, 0.1) is 0 Å². The Labute approximate surface area is 115 Å². The highest BCUT2D eigenvalue weighted by molar-refractivity contribution is 7.91. The van der Waals surface area contributed by atoms with Gasteiger partial charge in [-0.1, -0.05) is 0 Å². The molecule has 0 saturated carbocycles. The van der Waals surface area contributed by atoms with Crippen molar-refractivity contribution < 1.29 is 8.42 Å². The van der Waals surface area contributed by atoms with Crippen molar-refractivity contribution in [3.05, 3.63) is 23.6 Å². The van der Waals surface area contributed by atoms with E-state index in [1.807, 2.05) is 4.90 Å². The summed E-state index contributed by atoms with van der Waals surface area (Å²) in [5.41, 5.74) is 1.30. The van der Waals surface area contributed by atoms with Crippen molar-refractivity contribution in [1.29, 1.82) is 0 Å². The summed E-state index contributed by atoms with van der Waals surface area (Å²) in [6.07, 6.45) is 1.66. The van der Waals surface area contributed by atoms with Gasteiger partial charge in [0.2, 0.25) is 5.28 Å². The molecule has 0 bridgehead atoms. The second-order valence-corrected chi connectivity index (χ2v) is 6.97. The van der Waals surface area contributed by atoms with Crippen molar-refractivity contribution in [3.63, 3.8) is 0 Å². The van der Waals surface area contributed by atoms with Gasteiger partial charge in [0.05, 0.1) is 17.0 Å². The quantitative estimate of drug-likeness (QED) is 0.729. The van der Waals surface area contributed by atoms with E-state index in [2.05, 4.69) is 15.0 Å². The lowest BCUT2D eigenvalue weighted by molar-refractivity contribution is 0.586. The van der Waals surface area contributed by atoms with Gasteiger partial charge in [0.1, 0.15) is 5.52 Å². The molecule has 1 aliphatic rings. The molecule has 2 aromatic rings. The fourth-order valence-electron chi connectivity index (χ4n) is 2.07. The second-order valence-electron chi connectivity index (χ2n) is 4.33. The predicted molar refractivity (Wildman–Crippen MR) is 73.2 cm³/mol. The lowest BCUT2D eigenvalue weighted by Gasteiger charge is -2.28. The molecule has 19 heavy (non-hydrogen) atoms. The van der Waals surface area contributed by atoms with Crippen LogP contribution < -0.4 is 4.90 Å². The highest BCUT2D eigenvalue weighted by atomic mass is 35.5. The smallest absolute Gasteiger partial charge is 0.225 e. The van der Waals surface area contributed by atoms with E-state index < -0.39 is 9.84 Å².